The number of carbonyl (C=O) groups excluding carboxylic acids is 1. The van der Waals surface area contributed by atoms with Crippen molar-refractivity contribution in [3.8, 4) is 34.5 Å². The van der Waals surface area contributed by atoms with E-state index in [-0.39, 0.29) is 5.78 Å². The summed E-state index contributed by atoms with van der Waals surface area (Å²) in [5.74, 6) is 3.18. The van der Waals surface area contributed by atoms with Crippen molar-refractivity contribution in [1.29, 1.82) is 0 Å². The molecule has 0 saturated carbocycles. The molecule has 0 amide bonds. The molecule has 0 fully saturated rings. The predicted octanol–water partition coefficient (Wildman–Crippen LogP) is 4.89. The number of hydrogen-bond acceptors (Lipinski definition) is 7. The van der Waals surface area contributed by atoms with Gasteiger partial charge < -0.3 is 28.4 Å². The van der Waals surface area contributed by atoms with Crippen LogP contribution in [0.15, 0.2) is 48.5 Å². The number of rotatable bonds is 8. The van der Waals surface area contributed by atoms with Gasteiger partial charge in [0, 0.05) is 34.4 Å². The fourth-order valence-electron chi connectivity index (χ4n) is 4.19. The number of carbonyl (C=O) groups is 1. The molecule has 7 nitrogen and oxygen atoms in total. The maximum Gasteiger partial charge on any atom is 0.195 e. The highest BCUT2D eigenvalue weighted by atomic mass is 16.5. The van der Waals surface area contributed by atoms with Gasteiger partial charge in [0.05, 0.1) is 42.7 Å². The van der Waals surface area contributed by atoms with Crippen LogP contribution in [0.1, 0.15) is 27.0 Å². The lowest BCUT2D eigenvalue weighted by Gasteiger charge is -2.15. The van der Waals surface area contributed by atoms with E-state index >= 15 is 0 Å². The molecular formula is C27H26O7. The van der Waals surface area contributed by atoms with Crippen molar-refractivity contribution in [2.75, 3.05) is 42.7 Å². The molecule has 0 N–H and O–H groups in total. The molecule has 0 saturated heterocycles. The Morgan fingerprint density at radius 1 is 0.500 bits per heavy atom. The highest BCUT2D eigenvalue weighted by Crippen LogP contribution is 2.49. The van der Waals surface area contributed by atoms with E-state index in [1.54, 1.807) is 73.0 Å². The molecule has 4 rings (SSSR count). The summed E-state index contributed by atoms with van der Waals surface area (Å²) in [5.41, 5.74) is 3.78. The molecule has 7 heteroatoms. The molecule has 0 atom stereocenters. The SMILES string of the molecule is COc1cc(OC)cc(C2=C(c3ccc(OC)c(OC)c3)C(=O)c3cc(OC)cc(OC)c32)c1. The quantitative estimate of drug-likeness (QED) is 0.472. The number of Topliss-reactive ketones (excluding diaryl/α,β-unsaturated/α-hetero) is 1. The number of ether oxygens (including phenoxy) is 6. The van der Waals surface area contributed by atoms with Gasteiger partial charge in [-0.3, -0.25) is 4.79 Å². The Kier molecular flexibility index (Phi) is 6.36. The maximum absolute atomic E-state index is 13.9. The molecule has 0 spiro atoms. The Balaban J connectivity index is 2.09. The first-order chi connectivity index (χ1) is 16.5. The van der Waals surface area contributed by atoms with Crippen molar-refractivity contribution in [3.63, 3.8) is 0 Å². The molecule has 1 aliphatic rings. The molecule has 1 aliphatic carbocycles. The molecule has 0 heterocycles. The van der Waals surface area contributed by atoms with Gasteiger partial charge in [0.1, 0.15) is 23.0 Å². The van der Waals surface area contributed by atoms with Crippen molar-refractivity contribution in [2.24, 2.45) is 0 Å². The number of hydrogen-bond donors (Lipinski definition) is 0. The maximum atomic E-state index is 13.9. The van der Waals surface area contributed by atoms with Crippen LogP contribution >= 0.6 is 0 Å². The van der Waals surface area contributed by atoms with E-state index in [1.165, 1.54) is 0 Å². The summed E-state index contributed by atoms with van der Waals surface area (Å²) in [5, 5.41) is 0. The normalized spacial score (nSPS) is 12.4. The van der Waals surface area contributed by atoms with Crippen LogP contribution in [0.4, 0.5) is 0 Å². The van der Waals surface area contributed by atoms with E-state index in [4.69, 9.17) is 28.4 Å². The lowest BCUT2D eigenvalue weighted by molar-refractivity contribution is 0.105. The number of allylic oxidation sites excluding steroid dienone is 1. The summed E-state index contributed by atoms with van der Waals surface area (Å²) in [7, 11) is 9.42. The Labute approximate surface area is 198 Å². The first-order valence-electron chi connectivity index (χ1n) is 10.5. The van der Waals surface area contributed by atoms with Gasteiger partial charge in [-0.25, -0.2) is 0 Å². The third-order valence-electron chi connectivity index (χ3n) is 5.82. The lowest BCUT2D eigenvalue weighted by atomic mass is 9.93. The zero-order valence-corrected chi connectivity index (χ0v) is 20.0. The topological polar surface area (TPSA) is 72.5 Å². The van der Waals surface area contributed by atoms with Crippen molar-refractivity contribution in [3.05, 3.63) is 70.8 Å². The van der Waals surface area contributed by atoms with Crippen LogP contribution < -0.4 is 28.4 Å². The number of methoxy groups -OCH3 is 6. The molecule has 0 aliphatic heterocycles. The van der Waals surface area contributed by atoms with Gasteiger partial charge in [-0.15, -0.1) is 0 Å². The molecule has 3 aromatic carbocycles. The smallest absolute Gasteiger partial charge is 0.195 e. The largest absolute Gasteiger partial charge is 0.497 e. The minimum Gasteiger partial charge on any atom is -0.497 e. The minimum absolute atomic E-state index is 0.156. The standard InChI is InChI=1S/C27H26O7/c1-29-17-9-16(10-18(12-17)30-2)24-25(15-7-8-21(32-4)22(11-15)33-5)27(28)20-13-19(31-3)14-23(34-6)26(20)24/h7-14H,1-6H3. The van der Waals surface area contributed by atoms with Gasteiger partial charge in [0.2, 0.25) is 0 Å². The second kappa shape index (κ2) is 9.39. The Morgan fingerprint density at radius 2 is 1.09 bits per heavy atom. The van der Waals surface area contributed by atoms with Crippen LogP contribution in [0.2, 0.25) is 0 Å². The zero-order valence-electron chi connectivity index (χ0n) is 20.0. The first-order valence-corrected chi connectivity index (χ1v) is 10.5. The van der Waals surface area contributed by atoms with Crippen LogP contribution in [-0.2, 0) is 0 Å². The molecule has 0 aromatic heterocycles. The third kappa shape index (κ3) is 3.79. The van der Waals surface area contributed by atoms with E-state index in [1.807, 2.05) is 18.2 Å². The average Bonchev–Trinajstić information content (AvgIpc) is 3.19. The first kappa shape index (κ1) is 23.0. The Hall–Kier alpha value is -4.13. The van der Waals surface area contributed by atoms with Crippen molar-refractivity contribution < 1.29 is 33.2 Å². The van der Waals surface area contributed by atoms with Crippen LogP contribution in [-0.4, -0.2) is 48.4 Å². The van der Waals surface area contributed by atoms with E-state index < -0.39 is 0 Å². The van der Waals surface area contributed by atoms with Gasteiger partial charge in [-0.1, -0.05) is 6.07 Å². The predicted molar refractivity (Wildman–Crippen MR) is 129 cm³/mol. The number of fused-ring (bicyclic) bond motifs is 1. The third-order valence-corrected chi connectivity index (χ3v) is 5.82. The van der Waals surface area contributed by atoms with E-state index in [9.17, 15) is 4.79 Å². The van der Waals surface area contributed by atoms with Crippen LogP contribution in [0.25, 0.3) is 11.1 Å². The fraction of sp³-hybridized carbons (Fsp3) is 0.222. The number of benzene rings is 3. The molecular weight excluding hydrogens is 436 g/mol. The second-order valence-corrected chi connectivity index (χ2v) is 7.50. The molecule has 176 valence electrons. The molecule has 0 unspecified atom stereocenters. The molecule has 34 heavy (non-hydrogen) atoms. The molecule has 0 radical (unpaired) electrons. The van der Waals surface area contributed by atoms with Gasteiger partial charge in [-0.2, -0.15) is 0 Å². The summed E-state index contributed by atoms with van der Waals surface area (Å²) in [6, 6.07) is 14.4. The van der Waals surface area contributed by atoms with Crippen LogP contribution in [0, 0.1) is 0 Å². The van der Waals surface area contributed by atoms with Gasteiger partial charge in [-0.05, 0) is 41.5 Å². The van der Waals surface area contributed by atoms with Crippen molar-refractivity contribution in [2.45, 2.75) is 0 Å². The fourth-order valence-corrected chi connectivity index (χ4v) is 4.19. The van der Waals surface area contributed by atoms with Crippen molar-refractivity contribution >= 4 is 16.9 Å². The highest BCUT2D eigenvalue weighted by molar-refractivity contribution is 6.42. The van der Waals surface area contributed by atoms with E-state index in [0.717, 1.165) is 5.56 Å². The van der Waals surface area contributed by atoms with Crippen molar-refractivity contribution in [1.82, 2.24) is 0 Å². The Bertz CT molecular complexity index is 1270. The average molecular weight is 462 g/mol. The highest BCUT2D eigenvalue weighted by Gasteiger charge is 2.35. The van der Waals surface area contributed by atoms with Gasteiger partial charge >= 0.3 is 0 Å². The Morgan fingerprint density at radius 3 is 1.65 bits per heavy atom. The summed E-state index contributed by atoms with van der Waals surface area (Å²) in [4.78, 5) is 13.9. The van der Waals surface area contributed by atoms with E-state index in [0.29, 0.717) is 62.3 Å². The minimum atomic E-state index is -0.156. The van der Waals surface area contributed by atoms with Gasteiger partial charge in [0.25, 0.3) is 0 Å². The summed E-state index contributed by atoms with van der Waals surface area (Å²) in [6.07, 6.45) is 0. The van der Waals surface area contributed by atoms with Crippen LogP contribution in [0.3, 0.4) is 0 Å². The summed E-state index contributed by atoms with van der Waals surface area (Å²) >= 11 is 0. The lowest BCUT2D eigenvalue weighted by Crippen LogP contribution is -2.01. The number of ketones is 1. The zero-order chi connectivity index (χ0) is 24.4. The molecule has 3 aromatic rings. The summed E-state index contributed by atoms with van der Waals surface area (Å²) in [6.45, 7) is 0. The van der Waals surface area contributed by atoms with Crippen LogP contribution in [0.5, 0.6) is 34.5 Å². The van der Waals surface area contributed by atoms with E-state index in [2.05, 4.69) is 0 Å². The molecule has 0 bridgehead atoms. The van der Waals surface area contributed by atoms with Gasteiger partial charge in [0.15, 0.2) is 17.3 Å². The summed E-state index contributed by atoms with van der Waals surface area (Å²) < 4.78 is 33.0. The second-order valence-electron chi connectivity index (χ2n) is 7.50. The monoisotopic (exact) mass is 462 g/mol.